The summed E-state index contributed by atoms with van der Waals surface area (Å²) in [7, 11) is 0. The number of rotatable bonds is 5. The number of carboxylic acid groups (broad SMARTS) is 1. The number of nitriles is 1. The zero-order valence-electron chi connectivity index (χ0n) is 14.8. The van der Waals surface area contributed by atoms with Crippen LogP contribution in [0.2, 0.25) is 0 Å². The first-order valence-corrected chi connectivity index (χ1v) is 8.93. The summed E-state index contributed by atoms with van der Waals surface area (Å²) < 4.78 is 5.69. The summed E-state index contributed by atoms with van der Waals surface area (Å²) >= 11 is 0. The van der Waals surface area contributed by atoms with E-state index in [1.807, 2.05) is 6.07 Å². The van der Waals surface area contributed by atoms with Gasteiger partial charge in [-0.25, -0.2) is 4.79 Å². The number of nitrogens with one attached hydrogen (secondary N) is 1. The zero-order valence-corrected chi connectivity index (χ0v) is 14.8. The lowest BCUT2D eigenvalue weighted by atomic mass is 9.95. The number of carboxylic acids is 1. The molecule has 1 aromatic heterocycles. The van der Waals surface area contributed by atoms with Gasteiger partial charge in [0.2, 0.25) is 0 Å². The maximum atomic E-state index is 12.3. The molecule has 2 aromatic rings. The second kappa shape index (κ2) is 8.37. The van der Waals surface area contributed by atoms with E-state index in [4.69, 9.17) is 9.52 Å². The number of benzene rings is 1. The molecule has 0 spiro atoms. The van der Waals surface area contributed by atoms with Gasteiger partial charge in [-0.05, 0) is 37.1 Å². The van der Waals surface area contributed by atoms with Crippen molar-refractivity contribution in [1.29, 1.82) is 5.26 Å². The Bertz CT molecular complexity index is 897. The smallest absolute Gasteiger partial charge is 0.335 e. The Balaban J connectivity index is 1.72. The van der Waals surface area contributed by atoms with Crippen molar-refractivity contribution >= 4 is 18.0 Å². The van der Waals surface area contributed by atoms with E-state index in [1.54, 1.807) is 24.3 Å². The summed E-state index contributed by atoms with van der Waals surface area (Å²) in [5.41, 5.74) is 0.907. The normalized spacial score (nSPS) is 15.1. The number of aromatic carboxylic acids is 1. The average Bonchev–Trinajstić information content (AvgIpc) is 3.15. The van der Waals surface area contributed by atoms with Gasteiger partial charge >= 0.3 is 5.97 Å². The largest absolute Gasteiger partial charge is 0.478 e. The van der Waals surface area contributed by atoms with Crippen molar-refractivity contribution < 1.29 is 19.1 Å². The van der Waals surface area contributed by atoms with E-state index in [2.05, 4.69) is 5.32 Å². The summed E-state index contributed by atoms with van der Waals surface area (Å²) in [5.74, 6) is -0.453. The molecule has 6 nitrogen and oxygen atoms in total. The molecule has 27 heavy (non-hydrogen) atoms. The first-order chi connectivity index (χ1) is 13.1. The minimum absolute atomic E-state index is 0.00250. The molecule has 3 rings (SSSR count). The lowest BCUT2D eigenvalue weighted by Crippen LogP contribution is -2.36. The van der Waals surface area contributed by atoms with Crippen LogP contribution in [-0.4, -0.2) is 23.0 Å². The minimum Gasteiger partial charge on any atom is -0.478 e. The number of furan rings is 1. The van der Waals surface area contributed by atoms with Crippen LogP contribution in [-0.2, 0) is 4.79 Å². The summed E-state index contributed by atoms with van der Waals surface area (Å²) in [6.45, 7) is 0. The third-order valence-electron chi connectivity index (χ3n) is 4.64. The molecule has 0 aliphatic heterocycles. The van der Waals surface area contributed by atoms with E-state index in [1.165, 1.54) is 24.6 Å². The molecule has 0 atom stereocenters. The van der Waals surface area contributed by atoms with Crippen molar-refractivity contribution in [3.05, 3.63) is 53.3 Å². The molecule has 138 valence electrons. The summed E-state index contributed by atoms with van der Waals surface area (Å²) in [4.78, 5) is 23.2. The van der Waals surface area contributed by atoms with Crippen LogP contribution in [0.25, 0.3) is 17.4 Å². The van der Waals surface area contributed by atoms with Crippen LogP contribution in [0.5, 0.6) is 0 Å². The molecule has 6 heteroatoms. The summed E-state index contributed by atoms with van der Waals surface area (Å²) in [6.07, 6.45) is 6.70. The highest BCUT2D eigenvalue weighted by Gasteiger charge is 2.18. The van der Waals surface area contributed by atoms with Crippen LogP contribution < -0.4 is 5.32 Å². The number of hydrogen-bond donors (Lipinski definition) is 2. The number of amides is 1. The van der Waals surface area contributed by atoms with Gasteiger partial charge in [0.1, 0.15) is 23.2 Å². The topological polar surface area (TPSA) is 103 Å². The predicted molar refractivity (Wildman–Crippen MR) is 99.7 cm³/mol. The lowest BCUT2D eigenvalue weighted by molar-refractivity contribution is -0.117. The molecule has 1 aliphatic carbocycles. The molecule has 0 radical (unpaired) electrons. The van der Waals surface area contributed by atoms with Crippen LogP contribution >= 0.6 is 0 Å². The second-order valence-corrected chi connectivity index (χ2v) is 6.56. The van der Waals surface area contributed by atoms with Gasteiger partial charge < -0.3 is 14.8 Å². The van der Waals surface area contributed by atoms with Crippen LogP contribution in [0.4, 0.5) is 0 Å². The van der Waals surface area contributed by atoms with Gasteiger partial charge in [-0.1, -0.05) is 31.4 Å². The van der Waals surface area contributed by atoms with Crippen LogP contribution in [0.1, 0.15) is 48.2 Å². The molecule has 1 heterocycles. The van der Waals surface area contributed by atoms with Gasteiger partial charge in [-0.2, -0.15) is 5.26 Å². The van der Waals surface area contributed by atoms with E-state index < -0.39 is 5.97 Å². The molecular weight excluding hydrogens is 344 g/mol. The van der Waals surface area contributed by atoms with Gasteiger partial charge in [0.25, 0.3) is 5.91 Å². The quantitative estimate of drug-likeness (QED) is 0.616. The standard InChI is InChI=1S/C21H20N2O4/c22-13-16(20(24)23-17-4-2-1-3-5-17)12-18-10-11-19(27-18)14-6-8-15(9-7-14)21(25)26/h6-12,17H,1-5H2,(H,23,24)(H,25,26)/b16-12-. The Labute approximate surface area is 157 Å². The lowest BCUT2D eigenvalue weighted by Gasteiger charge is -2.22. The fraction of sp³-hybridized carbons (Fsp3) is 0.286. The van der Waals surface area contributed by atoms with Crippen LogP contribution in [0.3, 0.4) is 0 Å². The molecule has 0 bridgehead atoms. The number of nitrogens with zero attached hydrogens (tertiary/aromatic N) is 1. The molecule has 0 saturated heterocycles. The fourth-order valence-electron chi connectivity index (χ4n) is 3.16. The molecule has 2 N–H and O–H groups in total. The number of hydrogen-bond acceptors (Lipinski definition) is 4. The van der Waals surface area contributed by atoms with Gasteiger partial charge in [0, 0.05) is 17.7 Å². The van der Waals surface area contributed by atoms with Crippen molar-refractivity contribution in [3.8, 4) is 17.4 Å². The fourth-order valence-corrected chi connectivity index (χ4v) is 3.16. The molecular formula is C21H20N2O4. The van der Waals surface area contributed by atoms with E-state index in [9.17, 15) is 14.9 Å². The third kappa shape index (κ3) is 4.64. The number of carbonyl (C=O) groups is 2. The summed E-state index contributed by atoms with van der Waals surface area (Å²) in [6, 6.07) is 11.7. The molecule has 1 amide bonds. The van der Waals surface area contributed by atoms with Gasteiger partial charge in [0.15, 0.2) is 0 Å². The Kier molecular flexibility index (Phi) is 5.72. The highest BCUT2D eigenvalue weighted by atomic mass is 16.4. The molecule has 1 aromatic carbocycles. The van der Waals surface area contributed by atoms with E-state index in [0.717, 1.165) is 25.7 Å². The third-order valence-corrected chi connectivity index (χ3v) is 4.64. The maximum absolute atomic E-state index is 12.3. The SMILES string of the molecule is N#C/C(=C/c1ccc(-c2ccc(C(=O)O)cc2)o1)C(=O)NC1CCCCC1. The maximum Gasteiger partial charge on any atom is 0.335 e. The van der Waals surface area contributed by atoms with Gasteiger partial charge in [0.05, 0.1) is 5.56 Å². The van der Waals surface area contributed by atoms with Crippen LogP contribution in [0.15, 0.2) is 46.4 Å². The monoisotopic (exact) mass is 364 g/mol. The minimum atomic E-state index is -0.993. The highest BCUT2D eigenvalue weighted by Crippen LogP contribution is 2.24. The Hall–Kier alpha value is -3.33. The van der Waals surface area contributed by atoms with Crippen molar-refractivity contribution in [2.24, 2.45) is 0 Å². The number of carbonyl (C=O) groups excluding carboxylic acids is 1. The molecule has 1 fully saturated rings. The molecule has 0 unspecified atom stereocenters. The molecule has 1 aliphatic rings. The zero-order chi connectivity index (χ0) is 19.2. The van der Waals surface area contributed by atoms with Crippen molar-refractivity contribution in [1.82, 2.24) is 5.32 Å². The average molecular weight is 364 g/mol. The highest BCUT2D eigenvalue weighted by molar-refractivity contribution is 6.01. The van der Waals surface area contributed by atoms with Crippen molar-refractivity contribution in [2.45, 2.75) is 38.1 Å². The van der Waals surface area contributed by atoms with Gasteiger partial charge in [-0.3, -0.25) is 4.79 Å². The molecule has 1 saturated carbocycles. The van der Waals surface area contributed by atoms with Crippen molar-refractivity contribution in [3.63, 3.8) is 0 Å². The van der Waals surface area contributed by atoms with E-state index in [0.29, 0.717) is 17.1 Å². The van der Waals surface area contributed by atoms with Gasteiger partial charge in [-0.15, -0.1) is 0 Å². The van der Waals surface area contributed by atoms with Crippen molar-refractivity contribution in [2.75, 3.05) is 0 Å². The Morgan fingerprint density at radius 3 is 2.44 bits per heavy atom. The second-order valence-electron chi connectivity index (χ2n) is 6.56. The van der Waals surface area contributed by atoms with Crippen LogP contribution in [0, 0.1) is 11.3 Å². The first kappa shape index (κ1) is 18.5. The van der Waals surface area contributed by atoms with E-state index >= 15 is 0 Å². The predicted octanol–water partition coefficient (Wildman–Crippen LogP) is 4.00. The Morgan fingerprint density at radius 1 is 1.11 bits per heavy atom. The Morgan fingerprint density at radius 2 is 1.81 bits per heavy atom. The van der Waals surface area contributed by atoms with E-state index in [-0.39, 0.29) is 23.1 Å². The summed E-state index contributed by atoms with van der Waals surface area (Å²) in [5, 5.41) is 21.2. The first-order valence-electron chi connectivity index (χ1n) is 8.93.